The number of nitrogens with zero attached hydrogens (tertiary/aromatic N) is 2. The Morgan fingerprint density at radius 2 is 1.71 bits per heavy atom. The van der Waals surface area contributed by atoms with Crippen LogP contribution in [-0.2, 0) is 19.6 Å². The minimum atomic E-state index is -3.73. The average molecular weight is 460 g/mol. The van der Waals surface area contributed by atoms with Gasteiger partial charge in [0.1, 0.15) is 5.25 Å². The van der Waals surface area contributed by atoms with E-state index < -0.39 is 15.3 Å². The van der Waals surface area contributed by atoms with Crippen LogP contribution >= 0.6 is 11.8 Å². The molecule has 0 aromatic heterocycles. The summed E-state index contributed by atoms with van der Waals surface area (Å²) in [5, 5.41) is 2.09. The minimum absolute atomic E-state index is 0.0686. The van der Waals surface area contributed by atoms with E-state index >= 15 is 0 Å². The topological polar surface area (TPSA) is 95.9 Å². The summed E-state index contributed by atoms with van der Waals surface area (Å²) in [6.45, 7) is 1.99. The monoisotopic (exact) mass is 459 g/mol. The van der Waals surface area contributed by atoms with Crippen LogP contribution in [0.3, 0.4) is 0 Å². The molecule has 0 saturated carbocycles. The second-order valence-corrected chi connectivity index (χ2v) is 10.0. The molecule has 7 nitrogen and oxygen atoms in total. The maximum Gasteiger partial charge on any atom is 0.255 e. The summed E-state index contributed by atoms with van der Waals surface area (Å²) in [6.07, 6.45) is 2.12. The fourth-order valence-electron chi connectivity index (χ4n) is 3.08. The number of carbonyl (C=O) groups is 2. The van der Waals surface area contributed by atoms with E-state index in [9.17, 15) is 18.0 Å². The minimum Gasteiger partial charge on any atom is -0.326 e. The Balaban J connectivity index is 1.81. The van der Waals surface area contributed by atoms with Crippen LogP contribution in [0.4, 0.5) is 11.4 Å². The lowest BCUT2D eigenvalue weighted by Gasteiger charge is -2.16. The molecular formula is C22H25N3O4S2. The molecule has 0 radical (unpaired) electrons. The van der Waals surface area contributed by atoms with Crippen molar-refractivity contribution in [3.05, 3.63) is 60.7 Å². The fourth-order valence-corrected chi connectivity index (χ4v) is 5.56. The van der Waals surface area contributed by atoms with E-state index in [0.29, 0.717) is 17.8 Å². The number of hydrogen-bond donors (Lipinski definition) is 1. The summed E-state index contributed by atoms with van der Waals surface area (Å²) in [6, 6.07) is 17.7. The molecule has 1 aliphatic heterocycles. The second-order valence-electron chi connectivity index (χ2n) is 7.10. The largest absolute Gasteiger partial charge is 0.326 e. The van der Waals surface area contributed by atoms with Crippen molar-refractivity contribution in [2.24, 2.45) is 4.40 Å². The van der Waals surface area contributed by atoms with Gasteiger partial charge in [0.15, 0.2) is 5.17 Å². The maximum absolute atomic E-state index is 13.1. The predicted octanol–water partition coefficient (Wildman–Crippen LogP) is 4.04. The van der Waals surface area contributed by atoms with Gasteiger partial charge in [0.25, 0.3) is 10.0 Å². The van der Waals surface area contributed by atoms with E-state index in [2.05, 4.69) is 9.71 Å². The lowest BCUT2D eigenvalue weighted by molar-refractivity contribution is -0.121. The number of para-hydroxylation sites is 2. The van der Waals surface area contributed by atoms with Gasteiger partial charge in [-0.3, -0.25) is 14.5 Å². The Labute approximate surface area is 187 Å². The molecule has 1 saturated heterocycles. The summed E-state index contributed by atoms with van der Waals surface area (Å²) >= 11 is 1.01. The third-order valence-corrected chi connectivity index (χ3v) is 7.11. The summed E-state index contributed by atoms with van der Waals surface area (Å²) in [7, 11) is -3.73. The first kappa shape index (κ1) is 23.0. The van der Waals surface area contributed by atoms with Gasteiger partial charge in [-0.05, 0) is 30.7 Å². The van der Waals surface area contributed by atoms with E-state index in [1.54, 1.807) is 54.6 Å². The number of amidine groups is 1. The number of benzene rings is 2. The number of carbonyl (C=O) groups excluding carboxylic acids is 2. The van der Waals surface area contributed by atoms with Crippen molar-refractivity contribution in [2.75, 3.05) is 16.0 Å². The zero-order valence-electron chi connectivity index (χ0n) is 17.2. The number of sulfonamides is 1. The number of anilines is 2. The van der Waals surface area contributed by atoms with Gasteiger partial charge in [-0.15, -0.1) is 4.40 Å². The summed E-state index contributed by atoms with van der Waals surface area (Å²) in [5.74, 6) is -0.750. The summed E-state index contributed by atoms with van der Waals surface area (Å²) < 4.78 is 28.9. The van der Waals surface area contributed by atoms with Crippen molar-refractivity contribution < 1.29 is 18.0 Å². The third-order valence-electron chi connectivity index (χ3n) is 4.60. The van der Waals surface area contributed by atoms with Crippen LogP contribution in [0.1, 0.15) is 32.6 Å². The van der Waals surface area contributed by atoms with Crippen LogP contribution in [0.25, 0.3) is 0 Å². The molecule has 31 heavy (non-hydrogen) atoms. The Morgan fingerprint density at radius 1 is 1.06 bits per heavy atom. The van der Waals surface area contributed by atoms with E-state index in [4.69, 9.17) is 0 Å². The van der Waals surface area contributed by atoms with Crippen molar-refractivity contribution in [3.8, 4) is 0 Å². The molecule has 0 spiro atoms. The predicted molar refractivity (Wildman–Crippen MR) is 126 cm³/mol. The number of unbranched alkanes of at least 4 members (excludes halogenated alkanes) is 2. The van der Waals surface area contributed by atoms with E-state index in [0.717, 1.165) is 24.6 Å². The van der Waals surface area contributed by atoms with Crippen LogP contribution in [0.15, 0.2) is 65.1 Å². The lowest BCUT2D eigenvalue weighted by atomic mass is 10.2. The van der Waals surface area contributed by atoms with Crippen LogP contribution in [-0.4, -0.2) is 36.4 Å². The molecule has 9 heteroatoms. The quantitative estimate of drug-likeness (QED) is 0.571. The fraction of sp³-hybridized carbons (Fsp3) is 0.318. The van der Waals surface area contributed by atoms with E-state index in [1.165, 1.54) is 4.90 Å². The third kappa shape index (κ3) is 6.41. The highest BCUT2D eigenvalue weighted by atomic mass is 32.2. The summed E-state index contributed by atoms with van der Waals surface area (Å²) in [5.41, 5.74) is 1.16. The maximum atomic E-state index is 13.1. The van der Waals surface area contributed by atoms with Crippen LogP contribution in [0, 0.1) is 0 Å². The average Bonchev–Trinajstić information content (AvgIpc) is 3.03. The molecule has 2 aromatic rings. The first-order valence-electron chi connectivity index (χ1n) is 10.1. The van der Waals surface area contributed by atoms with E-state index in [1.807, 2.05) is 13.0 Å². The first-order valence-corrected chi connectivity index (χ1v) is 12.6. The molecule has 164 valence electrons. The van der Waals surface area contributed by atoms with Gasteiger partial charge in [-0.2, -0.15) is 0 Å². The van der Waals surface area contributed by atoms with E-state index in [-0.39, 0.29) is 29.2 Å². The summed E-state index contributed by atoms with van der Waals surface area (Å²) in [4.78, 5) is 26.9. The molecule has 1 N–H and O–H groups in total. The Kier molecular flexibility index (Phi) is 7.86. The SMILES string of the molecule is CCCCCS(=O)(=O)/N=C1/SC(CC(=O)Nc2ccccc2)C(=O)N1c1ccccc1. The Morgan fingerprint density at radius 3 is 2.35 bits per heavy atom. The van der Waals surface area contributed by atoms with Crippen molar-refractivity contribution in [3.63, 3.8) is 0 Å². The zero-order chi connectivity index (χ0) is 22.3. The normalized spacial score (nSPS) is 17.8. The molecule has 3 rings (SSSR count). The molecule has 1 fully saturated rings. The molecule has 1 heterocycles. The van der Waals surface area contributed by atoms with Gasteiger partial charge in [0, 0.05) is 12.1 Å². The first-order chi connectivity index (χ1) is 14.9. The van der Waals surface area contributed by atoms with Gasteiger partial charge in [0.2, 0.25) is 11.8 Å². The lowest BCUT2D eigenvalue weighted by Crippen LogP contribution is -2.33. The van der Waals surface area contributed by atoms with Gasteiger partial charge in [-0.25, -0.2) is 8.42 Å². The second kappa shape index (κ2) is 10.6. The molecule has 1 aliphatic rings. The van der Waals surface area contributed by atoms with Crippen LogP contribution in [0.2, 0.25) is 0 Å². The highest BCUT2D eigenvalue weighted by molar-refractivity contribution is 8.16. The number of nitrogens with one attached hydrogen (secondary N) is 1. The van der Waals surface area contributed by atoms with Gasteiger partial charge in [-0.1, -0.05) is 67.9 Å². The number of amides is 2. The number of thioether (sulfide) groups is 1. The molecule has 2 aromatic carbocycles. The van der Waals surface area contributed by atoms with Crippen molar-refractivity contribution in [1.29, 1.82) is 0 Å². The highest BCUT2D eigenvalue weighted by Crippen LogP contribution is 2.34. The smallest absolute Gasteiger partial charge is 0.255 e. The number of hydrogen-bond acceptors (Lipinski definition) is 5. The standard InChI is InChI=1S/C22H25N3O4S2/c1-2-3-10-15-31(28,29)24-22-25(18-13-8-5-9-14-18)21(27)19(30-22)16-20(26)23-17-11-6-4-7-12-17/h4-9,11-14,19H,2-3,10,15-16H2,1H3,(H,23,26)/b24-22+. The Hall–Kier alpha value is -2.65. The van der Waals surface area contributed by atoms with Gasteiger partial charge < -0.3 is 5.32 Å². The van der Waals surface area contributed by atoms with Gasteiger partial charge >= 0.3 is 0 Å². The van der Waals surface area contributed by atoms with Crippen molar-refractivity contribution in [1.82, 2.24) is 0 Å². The Bertz CT molecular complexity index is 1040. The molecular weight excluding hydrogens is 434 g/mol. The molecule has 2 amide bonds. The van der Waals surface area contributed by atoms with Crippen LogP contribution in [0.5, 0.6) is 0 Å². The molecule has 0 aliphatic carbocycles. The molecule has 1 atom stereocenters. The van der Waals surface area contributed by atoms with Crippen LogP contribution < -0.4 is 10.2 Å². The number of rotatable bonds is 9. The van der Waals surface area contributed by atoms with Crippen molar-refractivity contribution in [2.45, 2.75) is 37.9 Å². The molecule has 1 unspecified atom stereocenters. The zero-order valence-corrected chi connectivity index (χ0v) is 18.9. The van der Waals surface area contributed by atoms with Crippen molar-refractivity contribution >= 4 is 50.1 Å². The highest BCUT2D eigenvalue weighted by Gasteiger charge is 2.41. The molecule has 0 bridgehead atoms. The van der Waals surface area contributed by atoms with Gasteiger partial charge in [0.05, 0.1) is 11.4 Å².